The second kappa shape index (κ2) is 6.37. The molecule has 0 aliphatic rings. The minimum atomic E-state index is -4.16. The topological polar surface area (TPSA) is 96.0 Å². The average molecular weight is 357 g/mol. The van der Waals surface area contributed by atoms with E-state index in [1.54, 1.807) is 25.1 Å². The molecular formula is C17H12FN3O3S. The summed E-state index contributed by atoms with van der Waals surface area (Å²) in [6.45, 7) is 1.79. The molecule has 0 saturated carbocycles. The first-order chi connectivity index (χ1) is 11.9. The zero-order valence-corrected chi connectivity index (χ0v) is 13.8. The van der Waals surface area contributed by atoms with Gasteiger partial charge < -0.3 is 4.42 Å². The largest absolute Gasteiger partial charge is 0.443 e. The molecule has 0 fully saturated rings. The van der Waals surface area contributed by atoms with Gasteiger partial charge in [0.15, 0.2) is 18.0 Å². The van der Waals surface area contributed by atoms with Crippen LogP contribution in [0.2, 0.25) is 0 Å². The summed E-state index contributed by atoms with van der Waals surface area (Å²) in [5, 5.41) is 8.82. The summed E-state index contributed by atoms with van der Waals surface area (Å²) < 4.78 is 46.4. The Morgan fingerprint density at radius 2 is 1.92 bits per heavy atom. The van der Waals surface area contributed by atoms with E-state index in [4.69, 9.17) is 9.68 Å². The van der Waals surface area contributed by atoms with Crippen molar-refractivity contribution in [1.29, 1.82) is 5.26 Å². The van der Waals surface area contributed by atoms with Crippen molar-refractivity contribution < 1.29 is 17.2 Å². The SMILES string of the molecule is Cc1ncoc1-c1ccc(NS(=O)(=O)c2cccc(C#N)c2F)cc1. The van der Waals surface area contributed by atoms with Crippen molar-refractivity contribution >= 4 is 15.7 Å². The first kappa shape index (κ1) is 16.7. The van der Waals surface area contributed by atoms with E-state index in [0.29, 0.717) is 11.5 Å². The maximum absolute atomic E-state index is 14.1. The number of oxazole rings is 1. The predicted molar refractivity (Wildman–Crippen MR) is 88.6 cm³/mol. The number of sulfonamides is 1. The molecule has 126 valence electrons. The Morgan fingerprint density at radius 1 is 1.20 bits per heavy atom. The Balaban J connectivity index is 1.90. The van der Waals surface area contributed by atoms with E-state index < -0.39 is 20.7 Å². The van der Waals surface area contributed by atoms with E-state index in [-0.39, 0.29) is 11.3 Å². The van der Waals surface area contributed by atoms with Gasteiger partial charge in [0, 0.05) is 11.3 Å². The number of hydrogen-bond acceptors (Lipinski definition) is 5. The zero-order chi connectivity index (χ0) is 18.0. The van der Waals surface area contributed by atoms with Crippen LogP contribution in [0.5, 0.6) is 0 Å². The number of rotatable bonds is 4. The fourth-order valence-electron chi connectivity index (χ4n) is 2.28. The number of benzene rings is 2. The number of hydrogen-bond donors (Lipinski definition) is 1. The molecule has 3 aromatic rings. The molecule has 0 spiro atoms. The molecule has 0 aliphatic heterocycles. The first-order valence-electron chi connectivity index (χ1n) is 7.14. The van der Waals surface area contributed by atoms with E-state index in [1.807, 2.05) is 0 Å². The van der Waals surface area contributed by atoms with Crippen molar-refractivity contribution in [1.82, 2.24) is 4.98 Å². The number of nitrogens with one attached hydrogen (secondary N) is 1. The Bertz CT molecular complexity index is 1070. The molecule has 8 heteroatoms. The first-order valence-corrected chi connectivity index (χ1v) is 8.62. The maximum Gasteiger partial charge on any atom is 0.264 e. The Hall–Kier alpha value is -3.18. The van der Waals surface area contributed by atoms with E-state index in [1.165, 1.54) is 30.7 Å². The number of anilines is 1. The maximum atomic E-state index is 14.1. The molecule has 25 heavy (non-hydrogen) atoms. The highest BCUT2D eigenvalue weighted by Gasteiger charge is 2.21. The van der Waals surface area contributed by atoms with Crippen LogP contribution < -0.4 is 4.72 Å². The Kier molecular flexibility index (Phi) is 4.25. The van der Waals surface area contributed by atoms with E-state index in [9.17, 15) is 12.8 Å². The van der Waals surface area contributed by atoms with Gasteiger partial charge in [-0.1, -0.05) is 6.07 Å². The monoisotopic (exact) mass is 357 g/mol. The highest BCUT2D eigenvalue weighted by Crippen LogP contribution is 2.26. The van der Waals surface area contributed by atoms with Crippen LogP contribution in [0.3, 0.4) is 0 Å². The second-order valence-corrected chi connectivity index (χ2v) is 6.83. The van der Waals surface area contributed by atoms with Crippen LogP contribution in [0.15, 0.2) is 58.2 Å². The molecule has 0 atom stereocenters. The van der Waals surface area contributed by atoms with Gasteiger partial charge >= 0.3 is 0 Å². The lowest BCUT2D eigenvalue weighted by molar-refractivity contribution is 0.568. The van der Waals surface area contributed by atoms with Crippen molar-refractivity contribution in [2.45, 2.75) is 11.8 Å². The molecule has 0 radical (unpaired) electrons. The van der Waals surface area contributed by atoms with Gasteiger partial charge in [-0.25, -0.2) is 17.8 Å². The van der Waals surface area contributed by atoms with Gasteiger partial charge in [0.25, 0.3) is 10.0 Å². The second-order valence-electron chi connectivity index (χ2n) is 5.18. The minimum Gasteiger partial charge on any atom is -0.443 e. The van der Waals surface area contributed by atoms with E-state index in [2.05, 4.69) is 9.71 Å². The molecular weight excluding hydrogens is 345 g/mol. The quantitative estimate of drug-likeness (QED) is 0.771. The number of nitrogens with zero attached hydrogens (tertiary/aromatic N) is 2. The number of halogens is 1. The summed E-state index contributed by atoms with van der Waals surface area (Å²) >= 11 is 0. The fourth-order valence-corrected chi connectivity index (χ4v) is 3.44. The molecule has 0 bridgehead atoms. The average Bonchev–Trinajstić information content (AvgIpc) is 3.01. The molecule has 6 nitrogen and oxygen atoms in total. The van der Waals surface area contributed by atoms with Crippen LogP contribution in [0, 0.1) is 24.1 Å². The molecule has 0 unspecified atom stereocenters. The van der Waals surface area contributed by atoms with Crippen molar-refractivity contribution in [2.24, 2.45) is 0 Å². The van der Waals surface area contributed by atoms with Crippen molar-refractivity contribution in [3.8, 4) is 17.4 Å². The Labute approximate surface area is 143 Å². The summed E-state index contributed by atoms with van der Waals surface area (Å²) in [4.78, 5) is 3.41. The smallest absolute Gasteiger partial charge is 0.264 e. The molecule has 0 saturated heterocycles. The number of aromatic nitrogens is 1. The third-order valence-corrected chi connectivity index (χ3v) is 4.92. The van der Waals surface area contributed by atoms with Crippen LogP contribution in [-0.2, 0) is 10.0 Å². The molecule has 0 amide bonds. The van der Waals surface area contributed by atoms with E-state index in [0.717, 1.165) is 11.6 Å². The third kappa shape index (κ3) is 3.22. The normalized spacial score (nSPS) is 11.1. The molecule has 1 N–H and O–H groups in total. The van der Waals surface area contributed by atoms with Crippen LogP contribution in [0.25, 0.3) is 11.3 Å². The molecule has 2 aromatic carbocycles. The van der Waals surface area contributed by atoms with Crippen LogP contribution in [0.4, 0.5) is 10.1 Å². The van der Waals surface area contributed by atoms with Crippen LogP contribution in [-0.4, -0.2) is 13.4 Å². The fraction of sp³-hybridized carbons (Fsp3) is 0.0588. The molecule has 3 rings (SSSR count). The van der Waals surface area contributed by atoms with E-state index >= 15 is 0 Å². The van der Waals surface area contributed by atoms with Gasteiger partial charge in [-0.3, -0.25) is 4.72 Å². The van der Waals surface area contributed by atoms with Crippen molar-refractivity contribution in [2.75, 3.05) is 4.72 Å². The summed E-state index contributed by atoms with van der Waals surface area (Å²) in [5.41, 5.74) is 1.36. The summed E-state index contributed by atoms with van der Waals surface area (Å²) in [5.74, 6) is -0.492. The lowest BCUT2D eigenvalue weighted by Crippen LogP contribution is -2.15. The number of aryl methyl sites for hydroxylation is 1. The summed E-state index contributed by atoms with van der Waals surface area (Å²) in [7, 11) is -4.16. The highest BCUT2D eigenvalue weighted by atomic mass is 32.2. The lowest BCUT2D eigenvalue weighted by Gasteiger charge is -2.10. The minimum absolute atomic E-state index is 0.252. The number of nitriles is 1. The van der Waals surface area contributed by atoms with Gasteiger partial charge in [0.05, 0.1) is 11.3 Å². The summed E-state index contributed by atoms with van der Waals surface area (Å²) in [6.07, 6.45) is 1.33. The van der Waals surface area contributed by atoms with Gasteiger partial charge in [-0.2, -0.15) is 5.26 Å². The Morgan fingerprint density at radius 3 is 2.52 bits per heavy atom. The van der Waals surface area contributed by atoms with Crippen LogP contribution >= 0.6 is 0 Å². The van der Waals surface area contributed by atoms with Gasteiger partial charge in [-0.15, -0.1) is 0 Å². The predicted octanol–water partition coefficient (Wildman–Crippen LogP) is 3.46. The standard InChI is InChI=1S/C17H12FN3O3S/c1-11-17(24-10-20-11)12-5-7-14(8-6-12)21-25(22,23)15-4-2-3-13(9-19)16(15)18/h2-8,10,21H,1H3. The van der Waals surface area contributed by atoms with Crippen molar-refractivity contribution in [3.05, 3.63) is 65.9 Å². The summed E-state index contributed by atoms with van der Waals surface area (Å²) in [6, 6.07) is 11.6. The van der Waals surface area contributed by atoms with Gasteiger partial charge in [-0.05, 0) is 43.3 Å². The lowest BCUT2D eigenvalue weighted by atomic mass is 10.1. The highest BCUT2D eigenvalue weighted by molar-refractivity contribution is 7.92. The zero-order valence-electron chi connectivity index (χ0n) is 13.0. The van der Waals surface area contributed by atoms with Crippen molar-refractivity contribution in [3.63, 3.8) is 0 Å². The van der Waals surface area contributed by atoms with Gasteiger partial charge in [0.1, 0.15) is 11.0 Å². The van der Waals surface area contributed by atoms with Crippen LogP contribution in [0.1, 0.15) is 11.3 Å². The third-order valence-electron chi connectivity index (χ3n) is 3.52. The molecule has 1 aromatic heterocycles. The molecule has 0 aliphatic carbocycles. The molecule has 1 heterocycles. The van der Waals surface area contributed by atoms with Gasteiger partial charge in [0.2, 0.25) is 0 Å².